The molecule has 11 atom stereocenters. The van der Waals surface area contributed by atoms with Gasteiger partial charge in [-0.25, -0.2) is 4.79 Å². The van der Waals surface area contributed by atoms with Crippen LogP contribution in [0.15, 0.2) is 30.3 Å². The molecule has 1 aromatic carbocycles. The molecule has 0 bridgehead atoms. The fourth-order valence-corrected chi connectivity index (χ4v) is 7.15. The number of nitrogens with two attached hydrogens (primary N) is 1. The predicted octanol–water partition coefficient (Wildman–Crippen LogP) is -5.31. The average Bonchev–Trinajstić information content (AvgIpc) is 3.35. The molecule has 0 aliphatic rings. The molecule has 0 saturated heterocycles. The van der Waals surface area contributed by atoms with Crippen LogP contribution in [0.5, 0.6) is 0 Å². The first kappa shape index (κ1) is 68.2. The van der Waals surface area contributed by atoms with Crippen molar-refractivity contribution >= 4 is 77.0 Å². The van der Waals surface area contributed by atoms with Crippen LogP contribution >= 0.6 is 0 Å². The molecule has 1 rings (SSSR count). The smallest absolute Gasteiger partial charge is 0.326 e. The number of hydrogen-bond donors (Lipinski definition) is 17. The highest BCUT2D eigenvalue weighted by Crippen LogP contribution is 2.12. The fraction of sp³-hybridized carbons (Fsp3) is 0.604. The van der Waals surface area contributed by atoms with E-state index < -0.39 is 189 Å². The fourth-order valence-electron chi connectivity index (χ4n) is 7.15. The number of rotatable bonds is 36. The zero-order valence-electron chi connectivity index (χ0n) is 44.0. The lowest BCUT2D eigenvalue weighted by Crippen LogP contribution is -2.62. The highest BCUT2D eigenvalue weighted by Gasteiger charge is 2.37. The Bertz CT molecular complexity index is 2270. The Morgan fingerprint density at radius 3 is 1.27 bits per heavy atom. The van der Waals surface area contributed by atoms with Crippen LogP contribution in [0, 0.1) is 11.8 Å². The van der Waals surface area contributed by atoms with Gasteiger partial charge in [-0.15, -0.1) is 0 Å². The predicted molar refractivity (Wildman–Crippen MR) is 270 cm³/mol. The third-order valence-electron chi connectivity index (χ3n) is 11.3. The molecule has 0 spiro atoms. The van der Waals surface area contributed by atoms with Crippen molar-refractivity contribution in [3.8, 4) is 0 Å². The van der Waals surface area contributed by atoms with Crippen LogP contribution in [-0.4, -0.2) is 193 Å². The van der Waals surface area contributed by atoms with Crippen molar-refractivity contribution < 1.29 is 98.1 Å². The second-order valence-electron chi connectivity index (χ2n) is 19.1. The topological polar surface area (TPSA) is 498 Å². The lowest BCUT2D eigenvalue weighted by Gasteiger charge is -2.29. The van der Waals surface area contributed by atoms with Gasteiger partial charge < -0.3 is 89.3 Å². The first-order valence-corrected chi connectivity index (χ1v) is 24.7. The zero-order valence-corrected chi connectivity index (χ0v) is 44.0. The number of nitrogens with one attached hydrogen (secondary N) is 9. The monoisotopic (exact) mass is 1110 g/mol. The number of carbonyl (C=O) groups is 13. The summed E-state index contributed by atoms with van der Waals surface area (Å²) in [6.07, 6.45) is -5.88. The van der Waals surface area contributed by atoms with Crippen molar-refractivity contribution in [3.63, 3.8) is 0 Å². The Hall–Kier alpha value is -7.83. The van der Waals surface area contributed by atoms with Crippen LogP contribution in [0.1, 0.15) is 92.1 Å². The molecule has 436 valence electrons. The van der Waals surface area contributed by atoms with E-state index in [0.29, 0.717) is 5.56 Å². The molecule has 9 amide bonds. The van der Waals surface area contributed by atoms with Gasteiger partial charge in [0.25, 0.3) is 0 Å². The molecule has 30 heteroatoms. The van der Waals surface area contributed by atoms with Gasteiger partial charge in [-0.2, -0.15) is 0 Å². The molecule has 0 fully saturated rings. The summed E-state index contributed by atoms with van der Waals surface area (Å²) in [5.74, 6) is -16.8. The largest absolute Gasteiger partial charge is 0.481 e. The number of aliphatic carboxylic acids is 4. The van der Waals surface area contributed by atoms with Gasteiger partial charge in [0.2, 0.25) is 53.2 Å². The van der Waals surface area contributed by atoms with Gasteiger partial charge in [-0.3, -0.25) is 57.5 Å². The van der Waals surface area contributed by atoms with Crippen molar-refractivity contribution in [2.24, 2.45) is 17.6 Å². The van der Waals surface area contributed by atoms with Crippen LogP contribution in [-0.2, 0) is 68.7 Å². The molecule has 0 aliphatic heterocycles. The second-order valence-corrected chi connectivity index (χ2v) is 19.1. The minimum absolute atomic E-state index is 0.115. The number of carboxylic acid groups (broad SMARTS) is 4. The lowest BCUT2D eigenvalue weighted by molar-refractivity contribution is -0.144. The number of benzene rings is 1. The van der Waals surface area contributed by atoms with E-state index in [-0.39, 0.29) is 31.1 Å². The van der Waals surface area contributed by atoms with Crippen molar-refractivity contribution in [1.29, 1.82) is 0 Å². The summed E-state index contributed by atoms with van der Waals surface area (Å²) in [5, 5.41) is 87.8. The normalized spacial score (nSPS) is 15.3. The summed E-state index contributed by atoms with van der Waals surface area (Å²) in [4.78, 5) is 168. The Morgan fingerprint density at radius 1 is 0.449 bits per heavy atom. The lowest BCUT2D eigenvalue weighted by atomic mass is 9.99. The summed E-state index contributed by atoms with van der Waals surface area (Å²) in [5.41, 5.74) is 5.94. The molecule has 0 radical (unpaired) electrons. The van der Waals surface area contributed by atoms with Crippen LogP contribution in [0.2, 0.25) is 0 Å². The van der Waals surface area contributed by atoms with Crippen LogP contribution in [0.25, 0.3) is 0 Å². The molecule has 0 unspecified atom stereocenters. The maximum atomic E-state index is 14.0. The van der Waals surface area contributed by atoms with Crippen molar-refractivity contribution in [2.75, 3.05) is 13.2 Å². The van der Waals surface area contributed by atoms with Gasteiger partial charge in [0.15, 0.2) is 0 Å². The maximum absolute atomic E-state index is 14.0. The standard InChI is InChI=1S/C48H74N10O20/c1-22(2)16-30(43(72)54-31(17-23(3)4)44(73)55-32(19-37(66)67)45(74)56-33(48(77)78)18-26-10-8-7-9-11-26)53-42(71)29(13-15-36(64)65)52-47(76)38(25(6)61)58-39(68)24(5)50-41(70)28(12-14-35(62)63)51-46(75)34(21-60)57-40(69)27(49)20-59/h7-11,22-25,27-34,38,59-61H,12-21,49H2,1-6H3,(H,50,70)(H,51,75)(H,52,76)(H,53,71)(H,54,72)(H,55,73)(H,56,74)(H,57,69)(H,58,68)(H,62,63)(H,64,65)(H,66,67)(H,77,78)/t24-,25+,27-,28-,29-,30-,31-,32-,33-,34-,38-/m0/s1. The van der Waals surface area contributed by atoms with E-state index in [2.05, 4.69) is 42.5 Å². The third-order valence-corrected chi connectivity index (χ3v) is 11.3. The third kappa shape index (κ3) is 25.3. The molecule has 1 aromatic rings. The number of amides is 9. The van der Waals surface area contributed by atoms with E-state index >= 15 is 0 Å². The second kappa shape index (κ2) is 34.0. The van der Waals surface area contributed by atoms with E-state index in [9.17, 15) is 93.0 Å². The van der Waals surface area contributed by atoms with Gasteiger partial charge in [-0.05, 0) is 56.9 Å². The summed E-state index contributed by atoms with van der Waals surface area (Å²) in [6.45, 7) is 6.92. The molecular formula is C48H74N10O20. The maximum Gasteiger partial charge on any atom is 0.326 e. The van der Waals surface area contributed by atoms with Crippen LogP contribution in [0.4, 0.5) is 0 Å². The van der Waals surface area contributed by atoms with Gasteiger partial charge >= 0.3 is 23.9 Å². The SMILES string of the molecule is CC(C)C[C@H](NC(=O)[C@H](CC(C)C)NC(=O)[C@H](CCC(=O)O)NC(=O)[C@@H](NC(=O)[C@H](C)NC(=O)[C@H](CCC(=O)O)NC(=O)[C@H](CO)NC(=O)[C@@H](N)CO)[C@@H](C)O)C(=O)N[C@@H](CC(=O)O)C(=O)N[C@@H](Cc1ccccc1)C(=O)O. The molecule has 18 N–H and O–H groups in total. The Morgan fingerprint density at radius 2 is 0.846 bits per heavy atom. The number of aliphatic hydroxyl groups is 3. The first-order valence-electron chi connectivity index (χ1n) is 24.7. The molecule has 78 heavy (non-hydrogen) atoms. The highest BCUT2D eigenvalue weighted by atomic mass is 16.4. The number of carbonyl (C=O) groups excluding carboxylic acids is 9. The Labute approximate surface area is 448 Å². The van der Waals surface area contributed by atoms with E-state index in [1.54, 1.807) is 58.0 Å². The summed E-state index contributed by atoms with van der Waals surface area (Å²) >= 11 is 0. The Kier molecular flexibility index (Phi) is 29.8. The average molecular weight is 1110 g/mol. The van der Waals surface area contributed by atoms with E-state index in [1.807, 2.05) is 5.32 Å². The minimum Gasteiger partial charge on any atom is -0.481 e. The molecule has 0 aliphatic carbocycles. The number of hydrogen-bond acceptors (Lipinski definition) is 17. The van der Waals surface area contributed by atoms with E-state index in [4.69, 9.17) is 10.8 Å². The molecule has 0 aromatic heterocycles. The molecule has 30 nitrogen and oxygen atoms in total. The van der Waals surface area contributed by atoms with E-state index in [0.717, 1.165) is 13.8 Å². The van der Waals surface area contributed by atoms with E-state index in [1.165, 1.54) is 0 Å². The van der Waals surface area contributed by atoms with Gasteiger partial charge in [0, 0.05) is 19.3 Å². The minimum atomic E-state index is -1.94. The van der Waals surface area contributed by atoms with Crippen molar-refractivity contribution in [3.05, 3.63) is 35.9 Å². The van der Waals surface area contributed by atoms with Gasteiger partial charge in [0.05, 0.1) is 25.7 Å². The summed E-state index contributed by atoms with van der Waals surface area (Å²) in [7, 11) is 0. The first-order chi connectivity index (χ1) is 36.4. The molecule has 0 heterocycles. The van der Waals surface area contributed by atoms with Gasteiger partial charge in [-0.1, -0.05) is 58.0 Å². The number of aliphatic hydroxyl groups excluding tert-OH is 3. The molecular weight excluding hydrogens is 1040 g/mol. The van der Waals surface area contributed by atoms with Crippen molar-refractivity contribution in [1.82, 2.24) is 47.9 Å². The quantitative estimate of drug-likeness (QED) is 0.0298. The van der Waals surface area contributed by atoms with Crippen molar-refractivity contribution in [2.45, 2.75) is 159 Å². The van der Waals surface area contributed by atoms with Crippen LogP contribution < -0.4 is 53.6 Å². The highest BCUT2D eigenvalue weighted by molar-refractivity contribution is 5.99. The number of carboxylic acids is 4. The molecule has 0 saturated carbocycles. The van der Waals surface area contributed by atoms with Crippen LogP contribution in [0.3, 0.4) is 0 Å². The summed E-state index contributed by atoms with van der Waals surface area (Å²) < 4.78 is 0. The Balaban J connectivity index is 3.37. The zero-order chi connectivity index (χ0) is 59.6. The van der Waals surface area contributed by atoms with Gasteiger partial charge in [0.1, 0.15) is 60.4 Å². The summed E-state index contributed by atoms with van der Waals surface area (Å²) in [6, 6.07) is -8.51.